The van der Waals surface area contributed by atoms with E-state index in [0.717, 1.165) is 36.5 Å². The van der Waals surface area contributed by atoms with E-state index < -0.39 is 0 Å². The van der Waals surface area contributed by atoms with Crippen molar-refractivity contribution < 1.29 is 9.53 Å². The molecule has 0 aliphatic carbocycles. The quantitative estimate of drug-likeness (QED) is 0.449. The number of fused-ring (bicyclic) bond motifs is 1. The minimum absolute atomic E-state index is 0.231. The van der Waals surface area contributed by atoms with Crippen molar-refractivity contribution in [1.29, 1.82) is 0 Å². The van der Waals surface area contributed by atoms with E-state index in [2.05, 4.69) is 64.0 Å². The fraction of sp³-hybridized carbons (Fsp3) is 0.286. The van der Waals surface area contributed by atoms with Crippen LogP contribution >= 0.6 is 0 Å². The molecule has 5 rings (SSSR count). The zero-order valence-electron chi connectivity index (χ0n) is 20.6. The van der Waals surface area contributed by atoms with Crippen LogP contribution in [0.2, 0.25) is 0 Å². The number of nitrogens with one attached hydrogen (secondary N) is 1. The predicted octanol–water partition coefficient (Wildman–Crippen LogP) is 3.69. The number of carbonyl (C=O) groups is 1. The molecule has 8 nitrogen and oxygen atoms in total. The van der Waals surface area contributed by atoms with Gasteiger partial charge in [0.25, 0.3) is 5.91 Å². The number of hydrogen-bond acceptors (Lipinski definition) is 6. The highest BCUT2D eigenvalue weighted by atomic mass is 16.5. The first kappa shape index (κ1) is 23.7. The van der Waals surface area contributed by atoms with Crippen molar-refractivity contribution in [2.45, 2.75) is 39.5 Å². The molecule has 8 heteroatoms. The summed E-state index contributed by atoms with van der Waals surface area (Å²) in [7, 11) is 0. The molecule has 1 N–H and O–H groups in total. The summed E-state index contributed by atoms with van der Waals surface area (Å²) in [6.45, 7) is 9.00. The molecule has 0 radical (unpaired) electrons. The number of anilines is 1. The molecule has 0 unspecified atom stereocenters. The van der Waals surface area contributed by atoms with Crippen LogP contribution in [0, 0.1) is 18.8 Å². The highest BCUT2D eigenvalue weighted by Crippen LogP contribution is 2.20. The predicted molar refractivity (Wildman–Crippen MR) is 138 cm³/mol. The average molecular weight is 481 g/mol. The molecule has 2 atom stereocenters. The maximum absolute atomic E-state index is 12.9. The summed E-state index contributed by atoms with van der Waals surface area (Å²) >= 11 is 0. The molecule has 0 bridgehead atoms. The Kier molecular flexibility index (Phi) is 6.76. The average Bonchev–Trinajstić information content (AvgIpc) is 3.27. The van der Waals surface area contributed by atoms with Crippen molar-refractivity contribution in [2.75, 3.05) is 18.4 Å². The molecule has 36 heavy (non-hydrogen) atoms. The number of carbonyl (C=O) groups excluding carboxylic acids is 1. The number of aryl methyl sites for hydroxylation is 1. The zero-order valence-corrected chi connectivity index (χ0v) is 20.6. The molecule has 3 aromatic heterocycles. The van der Waals surface area contributed by atoms with E-state index in [1.165, 1.54) is 11.8 Å². The van der Waals surface area contributed by atoms with Gasteiger partial charge in [-0.2, -0.15) is 5.10 Å². The lowest BCUT2D eigenvalue weighted by atomic mass is 10.1. The fourth-order valence-corrected chi connectivity index (χ4v) is 4.49. The molecule has 4 heterocycles. The van der Waals surface area contributed by atoms with Crippen LogP contribution in [-0.2, 0) is 11.3 Å². The van der Waals surface area contributed by atoms with Crippen molar-refractivity contribution in [1.82, 2.24) is 24.5 Å². The lowest BCUT2D eigenvalue weighted by Crippen LogP contribution is -2.44. The van der Waals surface area contributed by atoms with Gasteiger partial charge in [0.1, 0.15) is 5.69 Å². The molecule has 1 amide bonds. The summed E-state index contributed by atoms with van der Waals surface area (Å²) in [5.41, 5.74) is 5.60. The summed E-state index contributed by atoms with van der Waals surface area (Å²) in [4.78, 5) is 23.8. The summed E-state index contributed by atoms with van der Waals surface area (Å²) in [6.07, 6.45) is 7.00. The van der Waals surface area contributed by atoms with Crippen LogP contribution in [0.1, 0.15) is 46.6 Å². The molecule has 1 aliphatic rings. The van der Waals surface area contributed by atoms with E-state index >= 15 is 0 Å². The minimum atomic E-state index is -0.231. The molecule has 1 saturated heterocycles. The first-order valence-electron chi connectivity index (χ1n) is 12.0. The number of hydrogen-bond donors (Lipinski definition) is 1. The Morgan fingerprint density at radius 1 is 1.11 bits per heavy atom. The van der Waals surface area contributed by atoms with E-state index in [0.29, 0.717) is 16.8 Å². The Bertz CT molecular complexity index is 1460. The van der Waals surface area contributed by atoms with Crippen molar-refractivity contribution in [3.8, 4) is 11.8 Å². The van der Waals surface area contributed by atoms with Crippen molar-refractivity contribution in [2.24, 2.45) is 0 Å². The number of imidazole rings is 1. The van der Waals surface area contributed by atoms with E-state index in [-0.39, 0.29) is 18.1 Å². The van der Waals surface area contributed by atoms with Crippen LogP contribution in [0.3, 0.4) is 0 Å². The Morgan fingerprint density at radius 2 is 1.94 bits per heavy atom. The summed E-state index contributed by atoms with van der Waals surface area (Å²) in [5.74, 6) is 5.88. The standard InChI is InChI=1S/C28H28N6O2/c1-19-11-25(8-7-23(19)18-33-16-20(2)36-21(3)17-33)32-28(35)24-12-22(13-29-14-24)6-9-26-15-30-27-5-4-10-31-34(26)27/h4-5,7-8,10-15,20-21H,16-18H2,1-3H3,(H,32,35)/t20-,21+. The van der Waals surface area contributed by atoms with Crippen LogP contribution in [-0.4, -0.2) is 55.7 Å². The fourth-order valence-electron chi connectivity index (χ4n) is 4.49. The number of amides is 1. The van der Waals surface area contributed by atoms with Gasteiger partial charge in [-0.15, -0.1) is 0 Å². The molecule has 1 aromatic carbocycles. The van der Waals surface area contributed by atoms with Crippen LogP contribution in [0.25, 0.3) is 5.65 Å². The van der Waals surface area contributed by atoms with Gasteiger partial charge < -0.3 is 10.1 Å². The second-order valence-electron chi connectivity index (χ2n) is 9.20. The van der Waals surface area contributed by atoms with Crippen LogP contribution in [0.4, 0.5) is 5.69 Å². The Balaban J connectivity index is 1.26. The van der Waals surface area contributed by atoms with Crippen molar-refractivity contribution in [3.05, 3.63) is 89.1 Å². The minimum Gasteiger partial charge on any atom is -0.373 e. The van der Waals surface area contributed by atoms with Gasteiger partial charge in [-0.05, 0) is 68.2 Å². The number of benzene rings is 1. The third-order valence-electron chi connectivity index (χ3n) is 6.10. The van der Waals surface area contributed by atoms with Gasteiger partial charge in [0, 0.05) is 49.5 Å². The Hall–Kier alpha value is -4.06. The van der Waals surface area contributed by atoms with Gasteiger partial charge in [-0.25, -0.2) is 9.50 Å². The van der Waals surface area contributed by atoms with E-state index in [1.54, 1.807) is 29.2 Å². The number of ether oxygens (including phenoxy) is 1. The molecule has 0 spiro atoms. The number of morpholine rings is 1. The second kappa shape index (κ2) is 10.3. The molecular weight excluding hydrogens is 452 g/mol. The monoisotopic (exact) mass is 480 g/mol. The number of aromatic nitrogens is 4. The van der Waals surface area contributed by atoms with E-state index in [4.69, 9.17) is 4.74 Å². The maximum Gasteiger partial charge on any atom is 0.257 e. The second-order valence-corrected chi connectivity index (χ2v) is 9.20. The van der Waals surface area contributed by atoms with Crippen LogP contribution < -0.4 is 5.32 Å². The van der Waals surface area contributed by atoms with Gasteiger partial charge in [0.05, 0.1) is 24.0 Å². The molecule has 4 aromatic rings. The molecule has 182 valence electrons. The molecule has 1 aliphatic heterocycles. The maximum atomic E-state index is 12.9. The first-order valence-corrected chi connectivity index (χ1v) is 12.0. The summed E-state index contributed by atoms with van der Waals surface area (Å²) < 4.78 is 7.51. The topological polar surface area (TPSA) is 84.7 Å². The summed E-state index contributed by atoms with van der Waals surface area (Å²) in [5, 5.41) is 7.24. The van der Waals surface area contributed by atoms with Gasteiger partial charge in [0.15, 0.2) is 5.65 Å². The molecule has 0 saturated carbocycles. The third kappa shape index (κ3) is 5.43. The van der Waals surface area contributed by atoms with E-state index in [1.807, 2.05) is 24.3 Å². The lowest BCUT2D eigenvalue weighted by molar-refractivity contribution is -0.0705. The highest BCUT2D eigenvalue weighted by molar-refractivity contribution is 6.04. The smallest absolute Gasteiger partial charge is 0.257 e. The first-order chi connectivity index (χ1) is 17.4. The normalized spacial score (nSPS) is 18.0. The van der Waals surface area contributed by atoms with Crippen LogP contribution in [0.15, 0.2) is 61.2 Å². The number of rotatable bonds is 4. The largest absolute Gasteiger partial charge is 0.373 e. The molecular formula is C28H28N6O2. The van der Waals surface area contributed by atoms with Gasteiger partial charge in [-0.1, -0.05) is 12.0 Å². The lowest BCUT2D eigenvalue weighted by Gasteiger charge is -2.35. The SMILES string of the molecule is Cc1cc(NC(=O)c2cncc(C#Cc3cnc4cccnn34)c2)ccc1CN1C[C@@H](C)O[C@@H](C)C1. The van der Waals surface area contributed by atoms with Gasteiger partial charge >= 0.3 is 0 Å². The number of nitrogens with zero attached hydrogens (tertiary/aromatic N) is 5. The third-order valence-corrected chi connectivity index (χ3v) is 6.10. The van der Waals surface area contributed by atoms with Crippen LogP contribution in [0.5, 0.6) is 0 Å². The zero-order chi connectivity index (χ0) is 25.1. The highest BCUT2D eigenvalue weighted by Gasteiger charge is 2.22. The van der Waals surface area contributed by atoms with Gasteiger partial charge in [0.2, 0.25) is 0 Å². The van der Waals surface area contributed by atoms with Crippen molar-refractivity contribution >= 4 is 17.2 Å². The number of pyridine rings is 1. The Morgan fingerprint density at radius 3 is 2.75 bits per heavy atom. The van der Waals surface area contributed by atoms with Crippen molar-refractivity contribution in [3.63, 3.8) is 0 Å². The Labute approximate surface area is 210 Å². The van der Waals surface area contributed by atoms with E-state index in [9.17, 15) is 4.79 Å². The van der Waals surface area contributed by atoms with Gasteiger partial charge in [-0.3, -0.25) is 14.7 Å². The molecule has 1 fully saturated rings. The summed E-state index contributed by atoms with van der Waals surface area (Å²) in [6, 6.07) is 11.5.